The van der Waals surface area contributed by atoms with Gasteiger partial charge in [0.15, 0.2) is 0 Å². The number of carbonyl (C=O) groups excluding carboxylic acids is 1. The van der Waals surface area contributed by atoms with Crippen LogP contribution in [0.2, 0.25) is 0 Å². The zero-order valence-electron chi connectivity index (χ0n) is 16.0. The summed E-state index contributed by atoms with van der Waals surface area (Å²) in [5, 5.41) is 9.93. The first-order valence-electron chi connectivity index (χ1n) is 9.68. The number of β-amino-alcohol motifs (C(OH)–C–C–N with tert-alkyl or cyclic N) is 1. The highest BCUT2D eigenvalue weighted by atomic mass is 16.3. The van der Waals surface area contributed by atoms with Crippen molar-refractivity contribution in [3.8, 4) is 11.1 Å². The molecule has 27 heavy (non-hydrogen) atoms. The molecule has 1 saturated heterocycles. The predicted molar refractivity (Wildman–Crippen MR) is 104 cm³/mol. The molecule has 0 spiro atoms. The maximum absolute atomic E-state index is 13.1. The number of nitrogens with zero attached hydrogens (tertiary/aromatic N) is 5. The topological polar surface area (TPSA) is 74.5 Å². The molecule has 4 rings (SSSR count). The van der Waals surface area contributed by atoms with E-state index in [-0.39, 0.29) is 5.91 Å². The summed E-state index contributed by atoms with van der Waals surface area (Å²) >= 11 is 0. The van der Waals surface area contributed by atoms with Gasteiger partial charge in [-0.1, -0.05) is 0 Å². The molecule has 0 aromatic carbocycles. The van der Waals surface area contributed by atoms with Gasteiger partial charge in [-0.3, -0.25) is 4.79 Å². The predicted octanol–water partition coefficient (Wildman–Crippen LogP) is 2.02. The van der Waals surface area contributed by atoms with Crippen molar-refractivity contribution in [3.63, 3.8) is 0 Å². The number of likely N-dealkylation sites (tertiary alicyclic amines) is 1. The maximum atomic E-state index is 13.1. The van der Waals surface area contributed by atoms with Crippen LogP contribution in [0.15, 0.2) is 24.7 Å². The number of aromatic nitrogens is 3. The molecule has 1 saturated carbocycles. The van der Waals surface area contributed by atoms with E-state index in [1.807, 2.05) is 31.3 Å². The van der Waals surface area contributed by atoms with Crippen LogP contribution in [0, 0.1) is 5.92 Å². The van der Waals surface area contributed by atoms with Gasteiger partial charge < -0.3 is 19.5 Å². The molecule has 7 heteroatoms. The van der Waals surface area contributed by atoms with Crippen molar-refractivity contribution in [1.29, 1.82) is 0 Å². The second kappa shape index (κ2) is 7.31. The van der Waals surface area contributed by atoms with Crippen molar-refractivity contribution in [3.05, 3.63) is 30.4 Å². The molecule has 0 bridgehead atoms. The molecule has 1 amide bonds. The van der Waals surface area contributed by atoms with Crippen LogP contribution in [0.4, 0.5) is 5.95 Å². The normalized spacial score (nSPS) is 20.0. The number of hydrogen-bond acceptors (Lipinski definition) is 5. The average molecular weight is 369 g/mol. The minimum atomic E-state index is -0.416. The van der Waals surface area contributed by atoms with Crippen molar-refractivity contribution in [2.45, 2.75) is 38.3 Å². The quantitative estimate of drug-likeness (QED) is 0.873. The van der Waals surface area contributed by atoms with Gasteiger partial charge in [0.1, 0.15) is 5.69 Å². The fourth-order valence-electron chi connectivity index (χ4n) is 3.58. The van der Waals surface area contributed by atoms with Crippen LogP contribution in [-0.4, -0.2) is 63.7 Å². The zero-order chi connectivity index (χ0) is 19.0. The number of carbonyl (C=O) groups is 1. The van der Waals surface area contributed by atoms with Crippen molar-refractivity contribution < 1.29 is 9.90 Å². The lowest BCUT2D eigenvalue weighted by Crippen LogP contribution is -2.42. The second-order valence-corrected chi connectivity index (χ2v) is 7.92. The summed E-state index contributed by atoms with van der Waals surface area (Å²) in [6.45, 7) is 2.00. The molecule has 3 heterocycles. The van der Waals surface area contributed by atoms with E-state index in [0.29, 0.717) is 30.6 Å². The lowest BCUT2D eigenvalue weighted by atomic mass is 10.1. The molecule has 1 aliphatic heterocycles. The molecular weight excluding hydrogens is 342 g/mol. The summed E-state index contributed by atoms with van der Waals surface area (Å²) in [7, 11) is 3.82. The van der Waals surface area contributed by atoms with Gasteiger partial charge in [-0.2, -0.15) is 0 Å². The highest BCUT2D eigenvalue weighted by Gasteiger charge is 2.28. The third-order valence-electron chi connectivity index (χ3n) is 5.32. The number of aliphatic hydroxyl groups excluding tert-OH is 1. The van der Waals surface area contributed by atoms with Crippen molar-refractivity contribution in [1.82, 2.24) is 19.4 Å². The SMILES string of the molecule is CN(C)c1ncc(-c2cc(C(=O)N3CCC[C@H](O)C3)n(CC3CC3)c2)cn1. The van der Waals surface area contributed by atoms with Crippen molar-refractivity contribution in [2.75, 3.05) is 32.1 Å². The zero-order valence-corrected chi connectivity index (χ0v) is 16.0. The average Bonchev–Trinajstić information content (AvgIpc) is 3.38. The Morgan fingerprint density at radius 3 is 2.59 bits per heavy atom. The maximum Gasteiger partial charge on any atom is 0.270 e. The first-order chi connectivity index (χ1) is 13.0. The molecule has 2 aromatic heterocycles. The van der Waals surface area contributed by atoms with Gasteiger partial charge in [0.25, 0.3) is 5.91 Å². The lowest BCUT2D eigenvalue weighted by molar-refractivity contribution is 0.0464. The summed E-state index contributed by atoms with van der Waals surface area (Å²) in [5.74, 6) is 1.33. The number of aliphatic hydroxyl groups is 1. The Bertz CT molecular complexity index is 810. The van der Waals surface area contributed by atoms with E-state index >= 15 is 0 Å². The monoisotopic (exact) mass is 369 g/mol. The Kier molecular flexibility index (Phi) is 4.86. The van der Waals surface area contributed by atoms with Crippen LogP contribution in [0.1, 0.15) is 36.2 Å². The third kappa shape index (κ3) is 3.98. The molecule has 7 nitrogen and oxygen atoms in total. The Morgan fingerprint density at radius 1 is 1.22 bits per heavy atom. The van der Waals surface area contributed by atoms with Gasteiger partial charge in [0.05, 0.1) is 6.10 Å². The molecule has 144 valence electrons. The van der Waals surface area contributed by atoms with Crippen LogP contribution in [-0.2, 0) is 6.54 Å². The van der Waals surface area contributed by atoms with E-state index in [0.717, 1.165) is 30.5 Å². The fraction of sp³-hybridized carbons (Fsp3) is 0.550. The molecule has 0 radical (unpaired) electrons. The van der Waals surface area contributed by atoms with E-state index in [9.17, 15) is 9.90 Å². The molecule has 2 fully saturated rings. The third-order valence-corrected chi connectivity index (χ3v) is 5.32. The summed E-state index contributed by atoms with van der Waals surface area (Å²) in [6.07, 6.45) is 9.31. The van der Waals surface area contributed by atoms with E-state index in [1.54, 1.807) is 17.3 Å². The van der Waals surface area contributed by atoms with Crippen LogP contribution >= 0.6 is 0 Å². The van der Waals surface area contributed by atoms with Gasteiger partial charge in [-0.15, -0.1) is 0 Å². The summed E-state index contributed by atoms with van der Waals surface area (Å²) in [6, 6.07) is 1.94. The molecule has 0 unspecified atom stereocenters. The van der Waals surface area contributed by atoms with Gasteiger partial charge in [-0.25, -0.2) is 9.97 Å². The first-order valence-corrected chi connectivity index (χ1v) is 9.68. The smallest absolute Gasteiger partial charge is 0.270 e. The lowest BCUT2D eigenvalue weighted by Gasteiger charge is -2.30. The van der Waals surface area contributed by atoms with E-state index in [1.165, 1.54) is 12.8 Å². The minimum absolute atomic E-state index is 0.00600. The highest BCUT2D eigenvalue weighted by molar-refractivity contribution is 5.94. The van der Waals surface area contributed by atoms with E-state index < -0.39 is 6.10 Å². The van der Waals surface area contributed by atoms with Crippen LogP contribution in [0.25, 0.3) is 11.1 Å². The van der Waals surface area contributed by atoms with Gasteiger partial charge in [0, 0.05) is 63.4 Å². The van der Waals surface area contributed by atoms with Crippen LogP contribution in [0.5, 0.6) is 0 Å². The molecular formula is C20H27N5O2. The number of rotatable bonds is 5. The van der Waals surface area contributed by atoms with Crippen molar-refractivity contribution in [2.24, 2.45) is 5.92 Å². The minimum Gasteiger partial charge on any atom is -0.391 e. The van der Waals surface area contributed by atoms with Gasteiger partial charge >= 0.3 is 0 Å². The van der Waals surface area contributed by atoms with Gasteiger partial charge in [-0.05, 0) is 37.7 Å². The Labute approximate surface area is 159 Å². The van der Waals surface area contributed by atoms with Gasteiger partial charge in [0.2, 0.25) is 5.95 Å². The second-order valence-electron chi connectivity index (χ2n) is 7.92. The Morgan fingerprint density at radius 2 is 1.96 bits per heavy atom. The van der Waals surface area contributed by atoms with Crippen LogP contribution < -0.4 is 4.90 Å². The first kappa shape index (κ1) is 18.0. The summed E-state index contributed by atoms with van der Waals surface area (Å²) in [4.78, 5) is 25.5. The summed E-state index contributed by atoms with van der Waals surface area (Å²) < 4.78 is 2.08. The Hall–Kier alpha value is -2.41. The van der Waals surface area contributed by atoms with E-state index in [4.69, 9.17) is 0 Å². The number of piperidine rings is 1. The molecule has 1 atom stereocenters. The Balaban J connectivity index is 1.62. The molecule has 2 aliphatic rings. The molecule has 1 aliphatic carbocycles. The fourth-order valence-corrected chi connectivity index (χ4v) is 3.58. The highest BCUT2D eigenvalue weighted by Crippen LogP contribution is 2.33. The number of anilines is 1. The number of hydrogen-bond donors (Lipinski definition) is 1. The standard InChI is InChI=1S/C20H27N5O2/c1-23(2)20-21-9-16(10-22-20)15-8-18(25(12-15)11-14-5-6-14)19(27)24-7-3-4-17(26)13-24/h8-10,12,14,17,26H,3-7,11,13H2,1-2H3/t17-/m0/s1. The van der Waals surface area contributed by atoms with Crippen LogP contribution in [0.3, 0.4) is 0 Å². The van der Waals surface area contributed by atoms with Crippen molar-refractivity contribution >= 4 is 11.9 Å². The number of amides is 1. The molecule has 2 aromatic rings. The van der Waals surface area contributed by atoms with E-state index in [2.05, 4.69) is 14.5 Å². The summed E-state index contributed by atoms with van der Waals surface area (Å²) in [5.41, 5.74) is 2.56. The largest absolute Gasteiger partial charge is 0.391 e. The molecule has 1 N–H and O–H groups in total.